The molecule has 22 heavy (non-hydrogen) atoms. The van der Waals surface area contributed by atoms with Crippen molar-refractivity contribution in [1.29, 1.82) is 0 Å². The maximum absolute atomic E-state index is 11.8. The van der Waals surface area contributed by atoms with Gasteiger partial charge in [-0.2, -0.15) is 0 Å². The molecule has 2 atom stereocenters. The van der Waals surface area contributed by atoms with Gasteiger partial charge in [-0.05, 0) is 46.6 Å². The fraction of sp³-hybridized carbons (Fsp3) is 0.938. The van der Waals surface area contributed by atoms with Gasteiger partial charge in [0.25, 0.3) is 0 Å². The van der Waals surface area contributed by atoms with E-state index >= 15 is 0 Å². The van der Waals surface area contributed by atoms with Gasteiger partial charge in [-0.15, -0.1) is 0 Å². The number of hydrogen-bond acceptors (Lipinski definition) is 5. The van der Waals surface area contributed by atoms with Crippen molar-refractivity contribution in [2.24, 2.45) is 0 Å². The lowest BCUT2D eigenvalue weighted by Gasteiger charge is -2.28. The van der Waals surface area contributed by atoms with Crippen LogP contribution in [-0.2, 0) is 9.47 Å². The van der Waals surface area contributed by atoms with Crippen molar-refractivity contribution in [3.63, 3.8) is 0 Å². The highest BCUT2D eigenvalue weighted by molar-refractivity contribution is 5.67. The smallest absolute Gasteiger partial charge is 0.410 e. The Morgan fingerprint density at radius 3 is 2.77 bits per heavy atom. The molecular weight excluding hydrogens is 284 g/mol. The first kappa shape index (κ1) is 17.5. The van der Waals surface area contributed by atoms with Gasteiger partial charge in [0.05, 0.1) is 19.3 Å². The minimum atomic E-state index is -0.476. The average molecular weight is 314 g/mol. The van der Waals surface area contributed by atoms with Crippen LogP contribution in [-0.4, -0.2) is 78.1 Å². The normalized spacial score (nSPS) is 28.7. The summed E-state index contributed by atoms with van der Waals surface area (Å²) in [4.78, 5) is 15.8. The summed E-state index contributed by atoms with van der Waals surface area (Å²) in [6.45, 7) is 8.73. The molecule has 6 nitrogen and oxygen atoms in total. The summed E-state index contributed by atoms with van der Waals surface area (Å²) in [7, 11) is 1.72. The maximum Gasteiger partial charge on any atom is 0.410 e. The zero-order chi connectivity index (χ0) is 16.4. The molecule has 6 heteroatoms. The molecule has 0 aromatic carbocycles. The van der Waals surface area contributed by atoms with E-state index < -0.39 is 5.60 Å². The van der Waals surface area contributed by atoms with Gasteiger partial charge in [0.2, 0.25) is 0 Å². The van der Waals surface area contributed by atoms with E-state index in [-0.39, 0.29) is 24.3 Å². The van der Waals surface area contributed by atoms with Crippen molar-refractivity contribution < 1.29 is 19.4 Å². The number of amides is 1. The lowest BCUT2D eigenvalue weighted by atomic mass is 9.94. The Labute approximate surface area is 133 Å². The van der Waals surface area contributed by atoms with Crippen LogP contribution in [0.15, 0.2) is 0 Å². The number of rotatable bonds is 5. The molecule has 2 fully saturated rings. The molecular formula is C16H30N2O4. The zero-order valence-corrected chi connectivity index (χ0v) is 14.3. The quantitative estimate of drug-likeness (QED) is 0.832. The topological polar surface area (TPSA) is 62.2 Å². The minimum absolute atomic E-state index is 0.0538. The molecule has 0 aromatic rings. The van der Waals surface area contributed by atoms with Crippen LogP contribution in [0.2, 0.25) is 0 Å². The highest BCUT2D eigenvalue weighted by Gasteiger charge is 2.48. The fourth-order valence-electron chi connectivity index (χ4n) is 3.39. The Morgan fingerprint density at radius 1 is 1.45 bits per heavy atom. The molecule has 1 N–H and O–H groups in total. The number of fused-ring (bicyclic) bond motifs is 1. The molecule has 0 bridgehead atoms. The third-order valence-corrected chi connectivity index (χ3v) is 4.55. The van der Waals surface area contributed by atoms with Crippen molar-refractivity contribution in [3.8, 4) is 0 Å². The first-order valence-corrected chi connectivity index (χ1v) is 8.17. The van der Waals surface area contributed by atoms with Gasteiger partial charge in [0.15, 0.2) is 0 Å². The van der Waals surface area contributed by atoms with Crippen LogP contribution in [0.3, 0.4) is 0 Å². The van der Waals surface area contributed by atoms with Crippen LogP contribution in [0.5, 0.6) is 0 Å². The molecule has 0 spiro atoms. The van der Waals surface area contributed by atoms with Crippen molar-refractivity contribution in [3.05, 3.63) is 0 Å². The number of hydrogen-bond donors (Lipinski definition) is 1. The van der Waals surface area contributed by atoms with Crippen molar-refractivity contribution in [2.45, 2.75) is 57.3 Å². The van der Waals surface area contributed by atoms with Crippen LogP contribution in [0.25, 0.3) is 0 Å². The van der Waals surface area contributed by atoms with Gasteiger partial charge in [-0.25, -0.2) is 4.79 Å². The number of aliphatic hydroxyl groups is 1. The monoisotopic (exact) mass is 314 g/mol. The summed E-state index contributed by atoms with van der Waals surface area (Å²) >= 11 is 0. The molecule has 2 heterocycles. The molecule has 0 aliphatic carbocycles. The van der Waals surface area contributed by atoms with Gasteiger partial charge in [0, 0.05) is 25.7 Å². The van der Waals surface area contributed by atoms with Gasteiger partial charge in [0.1, 0.15) is 5.60 Å². The maximum atomic E-state index is 11.8. The number of carbonyl (C=O) groups is 1. The number of likely N-dealkylation sites (N-methyl/N-ethyl adjacent to an activating group) is 1. The van der Waals surface area contributed by atoms with Crippen LogP contribution in [0.4, 0.5) is 4.79 Å². The Bertz CT molecular complexity index is 396. The van der Waals surface area contributed by atoms with E-state index in [1.54, 1.807) is 11.9 Å². The molecule has 2 saturated heterocycles. The van der Waals surface area contributed by atoms with E-state index in [0.717, 1.165) is 32.4 Å². The van der Waals surface area contributed by atoms with Crippen molar-refractivity contribution >= 4 is 6.09 Å². The Kier molecular flexibility index (Phi) is 5.35. The number of carbonyl (C=O) groups excluding carboxylic acids is 1. The van der Waals surface area contributed by atoms with Crippen molar-refractivity contribution in [1.82, 2.24) is 9.80 Å². The first-order valence-electron chi connectivity index (χ1n) is 8.17. The lowest BCUT2D eigenvalue weighted by molar-refractivity contribution is 0.0131. The molecule has 2 rings (SSSR count). The van der Waals surface area contributed by atoms with E-state index in [0.29, 0.717) is 13.2 Å². The largest absolute Gasteiger partial charge is 0.444 e. The zero-order valence-electron chi connectivity index (χ0n) is 14.3. The predicted molar refractivity (Wildman–Crippen MR) is 83.8 cm³/mol. The van der Waals surface area contributed by atoms with Crippen LogP contribution in [0.1, 0.15) is 40.0 Å². The molecule has 128 valence electrons. The second-order valence-corrected chi connectivity index (χ2v) is 7.53. The summed E-state index contributed by atoms with van der Waals surface area (Å²) in [6.07, 6.45) is 2.93. The second-order valence-electron chi connectivity index (χ2n) is 7.53. The molecule has 1 amide bonds. The molecule has 0 saturated carbocycles. The van der Waals surface area contributed by atoms with Crippen LogP contribution >= 0.6 is 0 Å². The summed E-state index contributed by atoms with van der Waals surface area (Å²) in [6, 6.07) is 0. The van der Waals surface area contributed by atoms with E-state index in [9.17, 15) is 9.90 Å². The summed E-state index contributed by atoms with van der Waals surface area (Å²) in [5.74, 6) is 0. The SMILES string of the molecule is CN(CCO[C@H]1CN2CCC[C@]2(CO)C1)C(=O)OC(C)(C)C. The summed E-state index contributed by atoms with van der Waals surface area (Å²) in [5, 5.41) is 9.67. The highest BCUT2D eigenvalue weighted by Crippen LogP contribution is 2.39. The summed E-state index contributed by atoms with van der Waals surface area (Å²) in [5.41, 5.74) is -0.530. The highest BCUT2D eigenvalue weighted by atomic mass is 16.6. The molecule has 2 aliphatic heterocycles. The van der Waals surface area contributed by atoms with Gasteiger partial charge < -0.3 is 19.5 Å². The Morgan fingerprint density at radius 2 is 2.18 bits per heavy atom. The second kappa shape index (κ2) is 6.72. The Balaban J connectivity index is 1.70. The first-order chi connectivity index (χ1) is 10.3. The predicted octanol–water partition coefficient (Wildman–Crippen LogP) is 1.47. The van der Waals surface area contributed by atoms with Crippen LogP contribution < -0.4 is 0 Å². The molecule has 0 aromatic heterocycles. The molecule has 2 aliphatic rings. The van der Waals surface area contributed by atoms with Crippen molar-refractivity contribution in [2.75, 3.05) is 39.9 Å². The van der Waals surface area contributed by atoms with Gasteiger partial charge >= 0.3 is 6.09 Å². The number of ether oxygens (including phenoxy) is 2. The van der Waals surface area contributed by atoms with E-state index in [1.807, 2.05) is 20.8 Å². The van der Waals surface area contributed by atoms with Crippen LogP contribution in [0, 0.1) is 0 Å². The van der Waals surface area contributed by atoms with E-state index in [4.69, 9.17) is 9.47 Å². The standard InChI is InChI=1S/C16H30N2O4/c1-15(2,3)22-14(20)17(4)8-9-21-13-10-16(12-19)6-5-7-18(16)11-13/h13,19H,5-12H2,1-4H3/t13-,16-/m1/s1. The van der Waals surface area contributed by atoms with Gasteiger partial charge in [-0.3, -0.25) is 4.90 Å². The van der Waals surface area contributed by atoms with Gasteiger partial charge in [-0.1, -0.05) is 0 Å². The van der Waals surface area contributed by atoms with E-state index in [1.165, 1.54) is 0 Å². The average Bonchev–Trinajstić information content (AvgIpc) is 2.93. The third-order valence-electron chi connectivity index (χ3n) is 4.55. The number of aliphatic hydroxyl groups excluding tert-OH is 1. The third kappa shape index (κ3) is 4.12. The molecule has 0 unspecified atom stereocenters. The number of nitrogens with zero attached hydrogens (tertiary/aromatic N) is 2. The summed E-state index contributed by atoms with van der Waals surface area (Å²) < 4.78 is 11.2. The van der Waals surface area contributed by atoms with E-state index in [2.05, 4.69) is 4.90 Å². The Hall–Kier alpha value is -0.850. The minimum Gasteiger partial charge on any atom is -0.444 e. The fourth-order valence-corrected chi connectivity index (χ4v) is 3.39. The lowest BCUT2D eigenvalue weighted by Crippen LogP contribution is -2.41. The molecule has 0 radical (unpaired) electrons.